The van der Waals surface area contributed by atoms with Gasteiger partial charge >= 0.3 is 0 Å². The summed E-state index contributed by atoms with van der Waals surface area (Å²) in [5.41, 5.74) is 0. The Labute approximate surface area is 113 Å². The summed E-state index contributed by atoms with van der Waals surface area (Å²) in [5, 5.41) is 9.21. The van der Waals surface area contributed by atoms with Crippen LogP contribution in [0.3, 0.4) is 0 Å². The van der Waals surface area contributed by atoms with E-state index in [1.165, 1.54) is 0 Å². The molecule has 6 nitrogen and oxygen atoms in total. The van der Waals surface area contributed by atoms with Crippen LogP contribution in [0.5, 0.6) is 0 Å². The minimum atomic E-state index is 0.176. The Bertz CT molecular complexity index is 419. The van der Waals surface area contributed by atoms with E-state index >= 15 is 0 Å². The molecule has 1 fully saturated rings. The van der Waals surface area contributed by atoms with Crippen LogP contribution >= 0.6 is 0 Å². The lowest BCUT2D eigenvalue weighted by atomic mass is 10.4. The Hall–Kier alpha value is -1.85. The first-order valence-corrected chi connectivity index (χ1v) is 6.88. The van der Waals surface area contributed by atoms with Gasteiger partial charge in [-0.2, -0.15) is 4.98 Å². The number of carbonyl (C=O) groups is 1. The number of nitrogens with one attached hydrogen (secondary N) is 3. The van der Waals surface area contributed by atoms with E-state index in [1.807, 2.05) is 6.07 Å². The lowest BCUT2D eigenvalue weighted by molar-refractivity contribution is -0.122. The van der Waals surface area contributed by atoms with Crippen LogP contribution in [0.15, 0.2) is 12.3 Å². The summed E-state index contributed by atoms with van der Waals surface area (Å²) in [6.45, 7) is 4.25. The Kier molecular flexibility index (Phi) is 4.94. The molecule has 1 aromatic rings. The summed E-state index contributed by atoms with van der Waals surface area (Å²) < 4.78 is 0. The molecule has 0 aliphatic heterocycles. The van der Waals surface area contributed by atoms with E-state index in [0.29, 0.717) is 19.0 Å². The maximum atomic E-state index is 11.4. The van der Waals surface area contributed by atoms with E-state index in [-0.39, 0.29) is 11.8 Å². The molecule has 0 aromatic carbocycles. The minimum absolute atomic E-state index is 0.176. The highest BCUT2D eigenvalue weighted by Crippen LogP contribution is 2.28. The van der Waals surface area contributed by atoms with Gasteiger partial charge < -0.3 is 16.0 Å². The Morgan fingerprint density at radius 1 is 1.32 bits per heavy atom. The molecule has 1 saturated carbocycles. The largest absolute Gasteiger partial charge is 0.368 e. The highest BCUT2D eigenvalue weighted by Gasteiger charge is 2.28. The van der Waals surface area contributed by atoms with E-state index in [1.54, 1.807) is 6.20 Å². The molecule has 1 aliphatic carbocycles. The molecule has 0 radical (unpaired) electrons. The fourth-order valence-corrected chi connectivity index (χ4v) is 1.65. The highest BCUT2D eigenvalue weighted by atomic mass is 16.2. The SMILES string of the molecule is CCCNc1nccc(NCCNC(=O)C2CC2)n1. The fourth-order valence-electron chi connectivity index (χ4n) is 1.65. The van der Waals surface area contributed by atoms with Gasteiger partial charge in [0, 0.05) is 31.7 Å². The van der Waals surface area contributed by atoms with Crippen molar-refractivity contribution >= 4 is 17.7 Å². The van der Waals surface area contributed by atoms with Crippen molar-refractivity contribution in [3.8, 4) is 0 Å². The van der Waals surface area contributed by atoms with Crippen LogP contribution in [0.25, 0.3) is 0 Å². The standard InChI is InChI=1S/C13H21N5O/c1-2-6-16-13-17-7-5-11(18-13)14-8-9-15-12(19)10-3-4-10/h5,7,10H,2-4,6,8-9H2,1H3,(H,15,19)(H2,14,16,17,18). The van der Waals surface area contributed by atoms with Gasteiger partial charge in [0.05, 0.1) is 0 Å². The third kappa shape index (κ3) is 4.73. The zero-order valence-electron chi connectivity index (χ0n) is 11.3. The molecule has 104 valence electrons. The molecule has 0 atom stereocenters. The number of aromatic nitrogens is 2. The number of carbonyl (C=O) groups excluding carboxylic acids is 1. The van der Waals surface area contributed by atoms with Gasteiger partial charge in [-0.05, 0) is 25.3 Å². The van der Waals surface area contributed by atoms with Crippen molar-refractivity contribution in [2.45, 2.75) is 26.2 Å². The molecule has 0 unspecified atom stereocenters. The van der Waals surface area contributed by atoms with E-state index in [4.69, 9.17) is 0 Å². The van der Waals surface area contributed by atoms with Gasteiger partial charge in [0.1, 0.15) is 5.82 Å². The normalized spacial score (nSPS) is 13.9. The van der Waals surface area contributed by atoms with Crippen LogP contribution in [0, 0.1) is 5.92 Å². The van der Waals surface area contributed by atoms with Gasteiger partial charge in [0.2, 0.25) is 11.9 Å². The van der Waals surface area contributed by atoms with E-state index < -0.39 is 0 Å². The Morgan fingerprint density at radius 2 is 2.16 bits per heavy atom. The third-order valence-corrected chi connectivity index (χ3v) is 2.87. The van der Waals surface area contributed by atoms with Gasteiger partial charge in [0.25, 0.3) is 0 Å². The lowest BCUT2D eigenvalue weighted by Crippen LogP contribution is -2.29. The van der Waals surface area contributed by atoms with Gasteiger partial charge in [0.15, 0.2) is 0 Å². The second kappa shape index (κ2) is 6.92. The second-order valence-electron chi connectivity index (χ2n) is 4.68. The third-order valence-electron chi connectivity index (χ3n) is 2.87. The monoisotopic (exact) mass is 263 g/mol. The van der Waals surface area contributed by atoms with Crippen LogP contribution in [0.4, 0.5) is 11.8 Å². The van der Waals surface area contributed by atoms with Crippen LogP contribution in [0.2, 0.25) is 0 Å². The molecule has 1 amide bonds. The van der Waals surface area contributed by atoms with Crippen molar-refractivity contribution < 1.29 is 4.79 Å². The number of amides is 1. The minimum Gasteiger partial charge on any atom is -0.368 e. The molecule has 0 saturated heterocycles. The summed E-state index contributed by atoms with van der Waals surface area (Å²) in [5.74, 6) is 1.85. The van der Waals surface area contributed by atoms with E-state index in [2.05, 4.69) is 32.8 Å². The quantitative estimate of drug-likeness (QED) is 0.615. The number of hydrogen-bond donors (Lipinski definition) is 3. The predicted molar refractivity (Wildman–Crippen MR) is 75.0 cm³/mol. The summed E-state index contributed by atoms with van der Waals surface area (Å²) in [4.78, 5) is 19.9. The first kappa shape index (κ1) is 13.6. The van der Waals surface area contributed by atoms with Crippen molar-refractivity contribution in [1.29, 1.82) is 0 Å². The van der Waals surface area contributed by atoms with Crippen LogP contribution < -0.4 is 16.0 Å². The van der Waals surface area contributed by atoms with Crippen LogP contribution in [-0.2, 0) is 4.79 Å². The first-order chi connectivity index (χ1) is 9.29. The molecule has 2 rings (SSSR count). The zero-order valence-corrected chi connectivity index (χ0v) is 11.3. The molecule has 1 aromatic heterocycles. The lowest BCUT2D eigenvalue weighted by Gasteiger charge is -2.08. The molecular formula is C13H21N5O. The average Bonchev–Trinajstić information content (AvgIpc) is 3.26. The Morgan fingerprint density at radius 3 is 2.89 bits per heavy atom. The van der Waals surface area contributed by atoms with Gasteiger partial charge in [-0.1, -0.05) is 6.92 Å². The van der Waals surface area contributed by atoms with E-state index in [0.717, 1.165) is 31.6 Å². The summed E-state index contributed by atoms with van der Waals surface area (Å²) in [7, 11) is 0. The summed E-state index contributed by atoms with van der Waals surface area (Å²) in [6.07, 6.45) is 4.83. The molecule has 0 spiro atoms. The second-order valence-corrected chi connectivity index (χ2v) is 4.68. The van der Waals surface area contributed by atoms with Gasteiger partial charge in [-0.25, -0.2) is 4.98 Å². The van der Waals surface area contributed by atoms with Crippen molar-refractivity contribution in [3.63, 3.8) is 0 Å². The topological polar surface area (TPSA) is 78.9 Å². The van der Waals surface area contributed by atoms with Gasteiger partial charge in [-0.3, -0.25) is 4.79 Å². The molecular weight excluding hydrogens is 242 g/mol. The molecule has 1 aliphatic rings. The van der Waals surface area contributed by atoms with Crippen molar-refractivity contribution in [3.05, 3.63) is 12.3 Å². The smallest absolute Gasteiger partial charge is 0.224 e. The molecule has 6 heteroatoms. The maximum absolute atomic E-state index is 11.4. The number of rotatable bonds is 8. The fraction of sp³-hybridized carbons (Fsp3) is 0.615. The predicted octanol–water partition coefficient (Wildman–Crippen LogP) is 1.24. The molecule has 0 bridgehead atoms. The highest BCUT2D eigenvalue weighted by molar-refractivity contribution is 5.80. The number of nitrogens with zero attached hydrogens (tertiary/aromatic N) is 2. The summed E-state index contributed by atoms with van der Waals surface area (Å²) in [6, 6.07) is 1.82. The van der Waals surface area contributed by atoms with Gasteiger partial charge in [-0.15, -0.1) is 0 Å². The zero-order chi connectivity index (χ0) is 13.5. The van der Waals surface area contributed by atoms with Crippen molar-refractivity contribution in [1.82, 2.24) is 15.3 Å². The number of anilines is 2. The van der Waals surface area contributed by atoms with Crippen molar-refractivity contribution in [2.24, 2.45) is 5.92 Å². The molecule has 3 N–H and O–H groups in total. The maximum Gasteiger partial charge on any atom is 0.224 e. The average molecular weight is 263 g/mol. The Balaban J connectivity index is 1.68. The number of hydrogen-bond acceptors (Lipinski definition) is 5. The summed E-state index contributed by atoms with van der Waals surface area (Å²) >= 11 is 0. The molecule has 1 heterocycles. The first-order valence-electron chi connectivity index (χ1n) is 6.88. The molecule has 19 heavy (non-hydrogen) atoms. The van der Waals surface area contributed by atoms with Crippen LogP contribution in [-0.4, -0.2) is 35.5 Å². The van der Waals surface area contributed by atoms with E-state index in [9.17, 15) is 4.79 Å². The van der Waals surface area contributed by atoms with Crippen molar-refractivity contribution in [2.75, 3.05) is 30.3 Å². The van der Waals surface area contributed by atoms with Crippen LogP contribution in [0.1, 0.15) is 26.2 Å².